The Hall–Kier alpha value is -2.56. The summed E-state index contributed by atoms with van der Waals surface area (Å²) in [5.74, 6) is -0.293. The van der Waals surface area contributed by atoms with E-state index < -0.39 is 11.7 Å². The molecule has 0 N–H and O–H groups in total. The summed E-state index contributed by atoms with van der Waals surface area (Å²) in [5, 5.41) is 9.22. The molecule has 0 radical (unpaired) electrons. The average Bonchev–Trinajstić information content (AvgIpc) is 2.61. The number of anilines is 1. The van der Waals surface area contributed by atoms with Crippen molar-refractivity contribution in [1.82, 2.24) is 4.90 Å². The van der Waals surface area contributed by atoms with E-state index >= 15 is 0 Å². The molecule has 2 heterocycles. The van der Waals surface area contributed by atoms with Gasteiger partial charge in [-0.25, -0.2) is 0 Å². The van der Waals surface area contributed by atoms with E-state index in [1.54, 1.807) is 0 Å². The number of carbonyl (C=O) groups excluding carboxylic acids is 2. The largest absolute Gasteiger partial charge is 0.416 e. The summed E-state index contributed by atoms with van der Waals surface area (Å²) in [6, 6.07) is 4.81. The molecule has 3 rings (SSSR count). The van der Waals surface area contributed by atoms with Crippen LogP contribution >= 0.6 is 0 Å². The smallest absolute Gasteiger partial charge is 0.370 e. The van der Waals surface area contributed by atoms with Gasteiger partial charge >= 0.3 is 6.18 Å². The molecule has 0 unspecified atom stereocenters. The molecule has 26 heavy (non-hydrogen) atoms. The van der Waals surface area contributed by atoms with Gasteiger partial charge in [0, 0.05) is 32.0 Å². The van der Waals surface area contributed by atoms with Crippen LogP contribution in [0.15, 0.2) is 18.2 Å². The van der Waals surface area contributed by atoms with E-state index in [0.717, 1.165) is 12.1 Å². The van der Waals surface area contributed by atoms with E-state index in [1.807, 2.05) is 11.0 Å². The standard InChI is InChI=1S/C18H18F3N3O2/c19-18(20,21)13-4-5-15(12(10-13)11-22)23-8-6-14(7-9-23)24-16(25)2-1-3-17(24)26/h4-5,10,14H,1-3,6-9H2. The van der Waals surface area contributed by atoms with Crippen LogP contribution in [0.3, 0.4) is 0 Å². The lowest BCUT2D eigenvalue weighted by atomic mass is 9.98. The summed E-state index contributed by atoms with van der Waals surface area (Å²) in [4.78, 5) is 27.3. The normalized spacial score (nSPS) is 19.6. The molecule has 0 aliphatic carbocycles. The molecule has 5 nitrogen and oxygen atoms in total. The average molecular weight is 365 g/mol. The van der Waals surface area contributed by atoms with E-state index in [-0.39, 0.29) is 23.4 Å². The van der Waals surface area contributed by atoms with Crippen molar-refractivity contribution < 1.29 is 22.8 Å². The van der Waals surface area contributed by atoms with Crippen LogP contribution in [-0.4, -0.2) is 35.8 Å². The number of likely N-dealkylation sites (tertiary alicyclic amines) is 1. The van der Waals surface area contributed by atoms with Crippen LogP contribution in [0.5, 0.6) is 0 Å². The molecule has 2 amide bonds. The zero-order valence-corrected chi connectivity index (χ0v) is 14.1. The third-order valence-electron chi connectivity index (χ3n) is 4.93. The summed E-state index contributed by atoms with van der Waals surface area (Å²) in [7, 11) is 0. The predicted octanol–water partition coefficient (Wildman–Crippen LogP) is 3.08. The molecule has 1 aromatic carbocycles. The first kappa shape index (κ1) is 18.2. The van der Waals surface area contributed by atoms with Gasteiger partial charge in [0.15, 0.2) is 0 Å². The lowest BCUT2D eigenvalue weighted by Crippen LogP contribution is -2.51. The monoisotopic (exact) mass is 365 g/mol. The Morgan fingerprint density at radius 3 is 2.23 bits per heavy atom. The molecule has 2 aliphatic heterocycles. The fraction of sp³-hybridized carbons (Fsp3) is 0.500. The number of piperidine rings is 2. The number of hydrogen-bond acceptors (Lipinski definition) is 4. The fourth-order valence-corrected chi connectivity index (χ4v) is 3.62. The molecular formula is C18H18F3N3O2. The minimum atomic E-state index is -4.49. The maximum Gasteiger partial charge on any atom is 0.416 e. The fourth-order valence-electron chi connectivity index (χ4n) is 3.62. The van der Waals surface area contributed by atoms with Crippen molar-refractivity contribution in [3.8, 4) is 6.07 Å². The first-order valence-corrected chi connectivity index (χ1v) is 8.52. The van der Waals surface area contributed by atoms with Crippen LogP contribution in [0.1, 0.15) is 43.2 Å². The maximum atomic E-state index is 12.8. The summed E-state index contributed by atoms with van der Waals surface area (Å²) in [6.45, 7) is 0.948. The molecule has 0 spiro atoms. The topological polar surface area (TPSA) is 64.4 Å². The number of nitrogens with zero attached hydrogens (tertiary/aromatic N) is 3. The van der Waals surface area contributed by atoms with Crippen molar-refractivity contribution in [2.75, 3.05) is 18.0 Å². The number of amides is 2. The Labute approximate surface area is 149 Å². The minimum Gasteiger partial charge on any atom is -0.370 e. The second kappa shape index (κ2) is 6.98. The van der Waals surface area contributed by atoms with E-state index in [9.17, 15) is 28.0 Å². The Bertz CT molecular complexity index is 746. The highest BCUT2D eigenvalue weighted by molar-refractivity contribution is 5.97. The number of hydrogen-bond donors (Lipinski definition) is 0. The SMILES string of the molecule is N#Cc1cc(C(F)(F)F)ccc1N1CCC(N2C(=O)CCCC2=O)CC1. The number of imide groups is 1. The van der Waals surface area contributed by atoms with E-state index in [2.05, 4.69) is 0 Å². The molecule has 1 aromatic rings. The molecule has 8 heteroatoms. The zero-order chi connectivity index (χ0) is 18.9. The number of benzene rings is 1. The van der Waals surface area contributed by atoms with Crippen molar-refractivity contribution in [3.05, 3.63) is 29.3 Å². The molecule has 0 atom stereocenters. The first-order chi connectivity index (χ1) is 12.3. The van der Waals surface area contributed by atoms with Crippen molar-refractivity contribution >= 4 is 17.5 Å². The minimum absolute atomic E-state index is 0.0246. The second-order valence-corrected chi connectivity index (χ2v) is 6.57. The van der Waals surface area contributed by atoms with Crippen LogP contribution in [-0.2, 0) is 15.8 Å². The van der Waals surface area contributed by atoms with Crippen molar-refractivity contribution in [2.45, 2.75) is 44.3 Å². The lowest BCUT2D eigenvalue weighted by molar-refractivity contribution is -0.151. The Balaban J connectivity index is 1.73. The molecular weight excluding hydrogens is 347 g/mol. The highest BCUT2D eigenvalue weighted by Gasteiger charge is 2.35. The molecule has 2 saturated heterocycles. The highest BCUT2D eigenvalue weighted by atomic mass is 19.4. The summed E-state index contributed by atoms with van der Waals surface area (Å²) < 4.78 is 38.4. The van der Waals surface area contributed by atoms with Gasteiger partial charge in [-0.2, -0.15) is 18.4 Å². The van der Waals surface area contributed by atoms with E-state index in [1.165, 1.54) is 11.0 Å². The molecule has 2 fully saturated rings. The van der Waals surface area contributed by atoms with Gasteiger partial charge in [-0.05, 0) is 37.5 Å². The van der Waals surface area contributed by atoms with Crippen LogP contribution < -0.4 is 4.90 Å². The van der Waals surface area contributed by atoms with Gasteiger partial charge in [0.1, 0.15) is 6.07 Å². The Morgan fingerprint density at radius 2 is 1.69 bits per heavy atom. The van der Waals surface area contributed by atoms with Crippen molar-refractivity contribution in [2.24, 2.45) is 0 Å². The second-order valence-electron chi connectivity index (χ2n) is 6.57. The van der Waals surface area contributed by atoms with E-state index in [0.29, 0.717) is 50.9 Å². The molecule has 2 aliphatic rings. The predicted molar refractivity (Wildman–Crippen MR) is 87.1 cm³/mol. The number of alkyl halides is 3. The Morgan fingerprint density at radius 1 is 1.08 bits per heavy atom. The quantitative estimate of drug-likeness (QED) is 0.756. The van der Waals surface area contributed by atoms with Gasteiger partial charge in [-0.1, -0.05) is 0 Å². The molecule has 0 aromatic heterocycles. The molecule has 0 saturated carbocycles. The van der Waals surface area contributed by atoms with Gasteiger partial charge in [0.05, 0.1) is 16.8 Å². The third kappa shape index (κ3) is 3.52. The van der Waals surface area contributed by atoms with Crippen LogP contribution in [0.2, 0.25) is 0 Å². The van der Waals surface area contributed by atoms with Gasteiger partial charge in [0.25, 0.3) is 0 Å². The van der Waals surface area contributed by atoms with Crippen molar-refractivity contribution in [1.29, 1.82) is 5.26 Å². The summed E-state index contributed by atoms with van der Waals surface area (Å²) in [6.07, 6.45) is -2.06. The highest BCUT2D eigenvalue weighted by Crippen LogP contribution is 2.34. The van der Waals surface area contributed by atoms with E-state index in [4.69, 9.17) is 0 Å². The molecule has 0 bridgehead atoms. The number of nitriles is 1. The number of halogens is 3. The third-order valence-corrected chi connectivity index (χ3v) is 4.93. The van der Waals surface area contributed by atoms with Gasteiger partial charge in [-0.3, -0.25) is 14.5 Å². The number of rotatable bonds is 2. The summed E-state index contributed by atoms with van der Waals surface area (Å²) in [5.41, 5.74) is -0.421. The van der Waals surface area contributed by atoms with Crippen LogP contribution in [0, 0.1) is 11.3 Å². The van der Waals surface area contributed by atoms with Crippen LogP contribution in [0.4, 0.5) is 18.9 Å². The number of carbonyl (C=O) groups is 2. The van der Waals surface area contributed by atoms with Crippen molar-refractivity contribution in [3.63, 3.8) is 0 Å². The maximum absolute atomic E-state index is 12.8. The molecule has 138 valence electrons. The van der Waals surface area contributed by atoms with Crippen LogP contribution in [0.25, 0.3) is 0 Å². The van der Waals surface area contributed by atoms with Gasteiger partial charge in [0.2, 0.25) is 11.8 Å². The van der Waals surface area contributed by atoms with Gasteiger partial charge in [-0.15, -0.1) is 0 Å². The zero-order valence-electron chi connectivity index (χ0n) is 14.1. The first-order valence-electron chi connectivity index (χ1n) is 8.52. The summed E-state index contributed by atoms with van der Waals surface area (Å²) >= 11 is 0. The lowest BCUT2D eigenvalue weighted by Gasteiger charge is -2.40. The van der Waals surface area contributed by atoms with Gasteiger partial charge < -0.3 is 4.90 Å². The Kier molecular flexibility index (Phi) is 4.90.